The highest BCUT2D eigenvalue weighted by Gasteiger charge is 2.56. The molecule has 0 saturated heterocycles. The number of nitrogens with one attached hydrogen (secondary N) is 1. The summed E-state index contributed by atoms with van der Waals surface area (Å²) in [5.74, 6) is -0.417. The minimum atomic E-state index is -0.850. The number of rotatable bonds is 2. The molecule has 1 amide bonds. The summed E-state index contributed by atoms with van der Waals surface area (Å²) in [6.07, 6.45) is 4.01. The molecule has 1 aliphatic carbocycles. The molecule has 1 N–H and O–H groups in total. The van der Waals surface area contributed by atoms with Gasteiger partial charge in [-0.3, -0.25) is 14.9 Å². The summed E-state index contributed by atoms with van der Waals surface area (Å²) in [5, 5.41) is 0. The zero-order chi connectivity index (χ0) is 9.47. The van der Waals surface area contributed by atoms with Gasteiger partial charge in [-0.15, -0.1) is 23.2 Å². The topological polar surface area (TPSA) is 34.0 Å². The summed E-state index contributed by atoms with van der Waals surface area (Å²) in [6.45, 7) is 0. The predicted molar refractivity (Wildman–Crippen MR) is 51.3 cm³/mol. The summed E-state index contributed by atoms with van der Waals surface area (Å²) >= 11 is 11.5. The van der Waals surface area contributed by atoms with E-state index in [2.05, 4.69) is 5.43 Å². The fourth-order valence-corrected chi connectivity index (χ4v) is 1.62. The second-order valence-corrected chi connectivity index (χ2v) is 4.63. The second kappa shape index (κ2) is 2.93. The van der Waals surface area contributed by atoms with Gasteiger partial charge in [-0.2, -0.15) is 0 Å². The van der Waals surface area contributed by atoms with Crippen molar-refractivity contribution in [3.63, 3.8) is 0 Å². The Balaban J connectivity index is 1.94. The third kappa shape index (κ3) is 1.81. The fourth-order valence-electron chi connectivity index (χ4n) is 1.11. The average molecular weight is 219 g/mol. The van der Waals surface area contributed by atoms with Crippen molar-refractivity contribution >= 4 is 29.1 Å². The summed E-state index contributed by atoms with van der Waals surface area (Å²) in [7, 11) is 0. The molecular formula is C8H8Cl2N2O. The van der Waals surface area contributed by atoms with Crippen molar-refractivity contribution in [2.45, 2.75) is 10.8 Å². The van der Waals surface area contributed by atoms with E-state index < -0.39 is 4.33 Å². The van der Waals surface area contributed by atoms with Crippen LogP contribution < -0.4 is 5.43 Å². The van der Waals surface area contributed by atoms with Crippen LogP contribution in [0.5, 0.6) is 0 Å². The Bertz CT molecular complexity index is 321. The molecule has 0 aliphatic heterocycles. The van der Waals surface area contributed by atoms with Gasteiger partial charge in [0.25, 0.3) is 0 Å². The van der Waals surface area contributed by atoms with Crippen LogP contribution in [0, 0.1) is 5.92 Å². The molecule has 0 spiro atoms. The molecule has 0 aromatic carbocycles. The molecule has 1 aromatic heterocycles. The number of carbonyl (C=O) groups excluding carboxylic acids is 1. The smallest absolute Gasteiger partial charge is 0.245 e. The van der Waals surface area contributed by atoms with Crippen molar-refractivity contribution in [2.75, 3.05) is 5.43 Å². The van der Waals surface area contributed by atoms with Crippen molar-refractivity contribution in [3.05, 3.63) is 24.5 Å². The molecule has 2 rings (SSSR count). The third-order valence-electron chi connectivity index (χ3n) is 1.99. The van der Waals surface area contributed by atoms with Crippen LogP contribution in [0.2, 0.25) is 0 Å². The van der Waals surface area contributed by atoms with E-state index in [4.69, 9.17) is 23.2 Å². The lowest BCUT2D eigenvalue weighted by Gasteiger charge is -2.05. The Morgan fingerprint density at radius 3 is 2.46 bits per heavy atom. The van der Waals surface area contributed by atoms with Crippen LogP contribution in [0.3, 0.4) is 0 Å². The van der Waals surface area contributed by atoms with Gasteiger partial charge in [0.1, 0.15) is 4.33 Å². The SMILES string of the molecule is O=C(Nn1cccc1)C1CC1(Cl)Cl. The van der Waals surface area contributed by atoms with Crippen LogP contribution in [0.1, 0.15) is 6.42 Å². The van der Waals surface area contributed by atoms with Crippen molar-refractivity contribution < 1.29 is 4.79 Å². The number of hydrogen-bond acceptors (Lipinski definition) is 1. The highest BCUT2D eigenvalue weighted by molar-refractivity contribution is 6.52. The van der Waals surface area contributed by atoms with Crippen LogP contribution in [0.4, 0.5) is 0 Å². The van der Waals surface area contributed by atoms with Crippen molar-refractivity contribution in [2.24, 2.45) is 5.92 Å². The first-order valence-electron chi connectivity index (χ1n) is 3.91. The highest BCUT2D eigenvalue weighted by atomic mass is 35.5. The molecular weight excluding hydrogens is 211 g/mol. The number of nitrogens with zero attached hydrogens (tertiary/aromatic N) is 1. The third-order valence-corrected chi connectivity index (χ3v) is 2.82. The number of carbonyl (C=O) groups is 1. The number of alkyl halides is 2. The number of hydrogen-bond donors (Lipinski definition) is 1. The number of halogens is 2. The van der Waals surface area contributed by atoms with E-state index >= 15 is 0 Å². The Kier molecular flexibility index (Phi) is 2.00. The van der Waals surface area contributed by atoms with Crippen molar-refractivity contribution in [1.29, 1.82) is 0 Å². The fraction of sp³-hybridized carbons (Fsp3) is 0.375. The van der Waals surface area contributed by atoms with Crippen LogP contribution in [-0.2, 0) is 4.79 Å². The van der Waals surface area contributed by atoms with E-state index in [-0.39, 0.29) is 11.8 Å². The van der Waals surface area contributed by atoms with Crippen molar-refractivity contribution in [1.82, 2.24) is 4.68 Å². The first kappa shape index (κ1) is 8.91. The van der Waals surface area contributed by atoms with E-state index in [0.29, 0.717) is 6.42 Å². The summed E-state index contributed by atoms with van der Waals surface area (Å²) in [5.41, 5.74) is 2.65. The zero-order valence-electron chi connectivity index (χ0n) is 6.71. The van der Waals surface area contributed by atoms with Gasteiger partial charge in [-0.25, -0.2) is 0 Å². The minimum absolute atomic E-state index is 0.138. The zero-order valence-corrected chi connectivity index (χ0v) is 8.22. The van der Waals surface area contributed by atoms with Gasteiger partial charge in [0.2, 0.25) is 5.91 Å². The molecule has 0 radical (unpaired) electrons. The molecule has 0 bridgehead atoms. The van der Waals surface area contributed by atoms with Crippen LogP contribution >= 0.6 is 23.2 Å². The first-order valence-corrected chi connectivity index (χ1v) is 4.67. The maximum atomic E-state index is 11.4. The monoisotopic (exact) mass is 218 g/mol. The molecule has 13 heavy (non-hydrogen) atoms. The molecule has 1 saturated carbocycles. The van der Waals surface area contributed by atoms with E-state index in [1.54, 1.807) is 17.1 Å². The quantitative estimate of drug-likeness (QED) is 0.755. The number of aromatic nitrogens is 1. The van der Waals surface area contributed by atoms with Crippen LogP contribution in [0.15, 0.2) is 24.5 Å². The summed E-state index contributed by atoms with van der Waals surface area (Å²) in [4.78, 5) is 11.4. The molecule has 70 valence electrons. The molecule has 1 unspecified atom stereocenters. The maximum absolute atomic E-state index is 11.4. The number of amides is 1. The second-order valence-electron chi connectivity index (χ2n) is 3.08. The van der Waals surface area contributed by atoms with Gasteiger partial charge in [-0.05, 0) is 18.6 Å². The maximum Gasteiger partial charge on any atom is 0.245 e. The minimum Gasteiger partial charge on any atom is -0.273 e. The highest BCUT2D eigenvalue weighted by Crippen LogP contribution is 2.53. The van der Waals surface area contributed by atoms with E-state index in [9.17, 15) is 4.79 Å². The van der Waals surface area contributed by atoms with Gasteiger partial charge < -0.3 is 0 Å². The first-order chi connectivity index (χ1) is 6.09. The lowest BCUT2D eigenvalue weighted by atomic mass is 10.4. The van der Waals surface area contributed by atoms with Gasteiger partial charge >= 0.3 is 0 Å². The van der Waals surface area contributed by atoms with Gasteiger partial charge in [0.05, 0.1) is 5.92 Å². The standard InChI is InChI=1S/C8H8Cl2N2O/c9-8(10)5-6(8)7(13)11-12-3-1-2-4-12/h1-4,6H,5H2,(H,11,13). The molecule has 1 aliphatic rings. The van der Waals surface area contributed by atoms with Gasteiger partial charge in [0.15, 0.2) is 0 Å². The average Bonchev–Trinajstić information content (AvgIpc) is 2.49. The molecule has 3 nitrogen and oxygen atoms in total. The Labute approximate surface area is 85.6 Å². The van der Waals surface area contributed by atoms with Gasteiger partial charge in [-0.1, -0.05) is 0 Å². The summed E-state index contributed by atoms with van der Waals surface area (Å²) < 4.78 is 0.724. The molecule has 1 heterocycles. The van der Waals surface area contributed by atoms with Crippen LogP contribution in [-0.4, -0.2) is 14.9 Å². The Morgan fingerprint density at radius 2 is 2.00 bits per heavy atom. The van der Waals surface area contributed by atoms with E-state index in [0.717, 1.165) is 0 Å². The predicted octanol–water partition coefficient (Wildman–Crippen LogP) is 1.75. The molecule has 5 heteroatoms. The molecule has 1 atom stereocenters. The lowest BCUT2D eigenvalue weighted by molar-refractivity contribution is -0.118. The molecule has 1 fully saturated rings. The van der Waals surface area contributed by atoms with E-state index in [1.807, 2.05) is 12.1 Å². The molecule has 1 aromatic rings. The van der Waals surface area contributed by atoms with Crippen molar-refractivity contribution in [3.8, 4) is 0 Å². The Morgan fingerprint density at radius 1 is 1.46 bits per heavy atom. The van der Waals surface area contributed by atoms with Gasteiger partial charge in [0, 0.05) is 12.4 Å². The largest absolute Gasteiger partial charge is 0.273 e. The normalized spacial score (nSPS) is 24.0. The van der Waals surface area contributed by atoms with E-state index in [1.165, 1.54) is 0 Å². The summed E-state index contributed by atoms with van der Waals surface area (Å²) in [6, 6.07) is 3.64. The Hall–Kier alpha value is -0.670. The lowest BCUT2D eigenvalue weighted by Crippen LogP contribution is -2.24. The van der Waals surface area contributed by atoms with Crippen LogP contribution in [0.25, 0.3) is 0 Å².